The first kappa shape index (κ1) is 30.2. The molecule has 2 aliphatic rings. The van der Waals surface area contributed by atoms with E-state index in [1.165, 1.54) is 35.7 Å². The van der Waals surface area contributed by atoms with Gasteiger partial charge in [0.2, 0.25) is 5.88 Å². The predicted molar refractivity (Wildman–Crippen MR) is 161 cm³/mol. The van der Waals surface area contributed by atoms with Gasteiger partial charge in [0.1, 0.15) is 11.0 Å². The van der Waals surface area contributed by atoms with Crippen LogP contribution in [0.1, 0.15) is 69.7 Å². The third-order valence-corrected chi connectivity index (χ3v) is 9.45. The van der Waals surface area contributed by atoms with Crippen LogP contribution in [0.15, 0.2) is 47.6 Å². The molecule has 226 valence electrons. The molecule has 5 rings (SSSR count). The van der Waals surface area contributed by atoms with Gasteiger partial charge in [0.25, 0.3) is 15.9 Å². The lowest BCUT2D eigenvalue weighted by molar-refractivity contribution is 0.0981. The number of carbonyl (C=O) groups excluding carboxylic acids is 1. The van der Waals surface area contributed by atoms with E-state index in [4.69, 9.17) is 16.3 Å². The van der Waals surface area contributed by atoms with Crippen LogP contribution in [0.25, 0.3) is 5.82 Å². The maximum atomic E-state index is 13.0. The van der Waals surface area contributed by atoms with Crippen LogP contribution in [0, 0.1) is 11.3 Å². The fourth-order valence-corrected chi connectivity index (χ4v) is 6.26. The first-order chi connectivity index (χ1) is 19.9. The molecule has 13 heteroatoms. The quantitative estimate of drug-likeness (QED) is 0.186. The number of aromatic nitrogens is 4. The van der Waals surface area contributed by atoms with Gasteiger partial charge in [-0.2, -0.15) is 8.42 Å². The van der Waals surface area contributed by atoms with Crippen molar-refractivity contribution >= 4 is 33.3 Å². The fraction of sp³-hybridized carbons (Fsp3) is 0.517. The SMILES string of the molecule is CC1(CCOc2ccn(-c3ccc(C(=O)NS(=O)(=O)c4cccc(NCCCC5CNC(C)(C)C5)n4)c(Cl)n3)n2)CC1. The fourth-order valence-electron chi connectivity index (χ4n) is 5.09. The summed E-state index contributed by atoms with van der Waals surface area (Å²) >= 11 is 6.29. The van der Waals surface area contributed by atoms with Gasteiger partial charge in [0.05, 0.1) is 12.2 Å². The van der Waals surface area contributed by atoms with E-state index in [0.717, 1.165) is 32.2 Å². The van der Waals surface area contributed by atoms with E-state index in [-0.39, 0.29) is 21.3 Å². The van der Waals surface area contributed by atoms with Gasteiger partial charge in [0, 0.05) is 24.3 Å². The third kappa shape index (κ3) is 7.78. The average Bonchev–Trinajstić information content (AvgIpc) is 3.31. The number of rotatable bonds is 13. The molecule has 1 atom stereocenters. The summed E-state index contributed by atoms with van der Waals surface area (Å²) in [5.41, 5.74) is 0.479. The second kappa shape index (κ2) is 12.2. The molecule has 1 unspecified atom stereocenters. The minimum Gasteiger partial charge on any atom is -0.477 e. The van der Waals surface area contributed by atoms with Gasteiger partial charge in [0.15, 0.2) is 10.8 Å². The Hall–Kier alpha value is -3.22. The smallest absolute Gasteiger partial charge is 0.281 e. The molecule has 0 bridgehead atoms. The van der Waals surface area contributed by atoms with E-state index in [1.807, 2.05) is 4.72 Å². The van der Waals surface area contributed by atoms with Gasteiger partial charge in [-0.1, -0.05) is 24.6 Å². The summed E-state index contributed by atoms with van der Waals surface area (Å²) in [7, 11) is -4.26. The lowest BCUT2D eigenvalue weighted by Gasteiger charge is -2.17. The van der Waals surface area contributed by atoms with E-state index in [0.29, 0.717) is 42.0 Å². The molecule has 1 aliphatic heterocycles. The largest absolute Gasteiger partial charge is 0.477 e. The first-order valence-electron chi connectivity index (χ1n) is 14.3. The zero-order valence-corrected chi connectivity index (χ0v) is 25.8. The van der Waals surface area contributed by atoms with Crippen LogP contribution in [0.4, 0.5) is 5.82 Å². The summed E-state index contributed by atoms with van der Waals surface area (Å²) in [5.74, 6) is 0.957. The molecule has 0 radical (unpaired) electrons. The number of halogens is 1. The van der Waals surface area contributed by atoms with Crippen molar-refractivity contribution in [1.29, 1.82) is 0 Å². The van der Waals surface area contributed by atoms with Crippen molar-refractivity contribution < 1.29 is 17.9 Å². The van der Waals surface area contributed by atoms with Gasteiger partial charge in [-0.15, -0.1) is 5.10 Å². The van der Waals surface area contributed by atoms with Crippen molar-refractivity contribution in [2.75, 3.05) is 25.0 Å². The molecule has 1 saturated heterocycles. The Kier molecular flexibility index (Phi) is 8.77. The molecule has 3 aromatic heterocycles. The Bertz CT molecular complexity index is 1540. The zero-order valence-electron chi connectivity index (χ0n) is 24.2. The molecule has 3 aromatic rings. The second-order valence-electron chi connectivity index (χ2n) is 12.2. The number of ether oxygens (including phenoxy) is 1. The molecule has 4 heterocycles. The average molecular weight is 616 g/mol. The summed E-state index contributed by atoms with van der Waals surface area (Å²) in [6.45, 7) is 8.93. The number of nitrogens with one attached hydrogen (secondary N) is 3. The number of sulfonamides is 1. The van der Waals surface area contributed by atoms with E-state index in [9.17, 15) is 13.2 Å². The molecule has 1 aliphatic carbocycles. The van der Waals surface area contributed by atoms with Gasteiger partial charge in [-0.3, -0.25) is 4.79 Å². The monoisotopic (exact) mass is 615 g/mol. The molecule has 11 nitrogen and oxygen atoms in total. The highest BCUT2D eigenvalue weighted by Crippen LogP contribution is 2.47. The Morgan fingerprint density at radius 1 is 1.17 bits per heavy atom. The highest BCUT2D eigenvalue weighted by Gasteiger charge is 2.36. The molecule has 42 heavy (non-hydrogen) atoms. The number of nitrogens with zero attached hydrogens (tertiary/aromatic N) is 4. The highest BCUT2D eigenvalue weighted by molar-refractivity contribution is 7.90. The van der Waals surface area contributed by atoms with Crippen molar-refractivity contribution in [3.8, 4) is 11.7 Å². The van der Waals surface area contributed by atoms with Crippen LogP contribution in [-0.2, 0) is 10.0 Å². The van der Waals surface area contributed by atoms with Crippen molar-refractivity contribution in [2.45, 2.75) is 69.9 Å². The zero-order chi connectivity index (χ0) is 30.0. The summed E-state index contributed by atoms with van der Waals surface area (Å²) in [5, 5.41) is 10.6. The van der Waals surface area contributed by atoms with Crippen LogP contribution in [-0.4, -0.2) is 59.3 Å². The van der Waals surface area contributed by atoms with Crippen LogP contribution in [0.3, 0.4) is 0 Å². The minimum absolute atomic E-state index is 0.0934. The van der Waals surface area contributed by atoms with Crippen molar-refractivity contribution in [3.05, 3.63) is 53.3 Å². The van der Waals surface area contributed by atoms with Crippen LogP contribution in [0.2, 0.25) is 5.15 Å². The molecular formula is C29H38ClN7O4S. The van der Waals surface area contributed by atoms with Gasteiger partial charge >= 0.3 is 0 Å². The molecule has 1 saturated carbocycles. The maximum Gasteiger partial charge on any atom is 0.281 e. The van der Waals surface area contributed by atoms with E-state index < -0.39 is 15.9 Å². The second-order valence-corrected chi connectivity index (χ2v) is 14.2. The minimum atomic E-state index is -4.26. The van der Waals surface area contributed by atoms with Crippen molar-refractivity contribution in [2.24, 2.45) is 11.3 Å². The number of hydrogen-bond donors (Lipinski definition) is 3. The van der Waals surface area contributed by atoms with Gasteiger partial charge in [-0.25, -0.2) is 19.4 Å². The summed E-state index contributed by atoms with van der Waals surface area (Å²) in [6.07, 6.45) is 8.25. The van der Waals surface area contributed by atoms with Gasteiger partial charge < -0.3 is 15.4 Å². The lowest BCUT2D eigenvalue weighted by atomic mass is 9.94. The summed E-state index contributed by atoms with van der Waals surface area (Å²) in [4.78, 5) is 21.3. The number of pyridine rings is 2. The predicted octanol–water partition coefficient (Wildman–Crippen LogP) is 4.58. The number of anilines is 1. The van der Waals surface area contributed by atoms with Crippen LogP contribution >= 0.6 is 11.6 Å². The first-order valence-corrected chi connectivity index (χ1v) is 16.2. The number of carbonyl (C=O) groups is 1. The van der Waals surface area contributed by atoms with Crippen LogP contribution < -0.4 is 20.1 Å². The maximum absolute atomic E-state index is 13.0. The molecule has 0 aromatic carbocycles. The Labute approximate surface area is 251 Å². The highest BCUT2D eigenvalue weighted by atomic mass is 35.5. The summed E-state index contributed by atoms with van der Waals surface area (Å²) < 4.78 is 35.2. The molecule has 1 amide bonds. The number of hydrogen-bond acceptors (Lipinski definition) is 9. The van der Waals surface area contributed by atoms with Gasteiger partial charge in [-0.05, 0) is 94.5 Å². The molecule has 2 fully saturated rings. The Morgan fingerprint density at radius 3 is 2.69 bits per heavy atom. The van der Waals surface area contributed by atoms with E-state index >= 15 is 0 Å². The topological polar surface area (TPSA) is 140 Å². The lowest BCUT2D eigenvalue weighted by Crippen LogP contribution is -2.31. The Morgan fingerprint density at radius 2 is 1.98 bits per heavy atom. The normalized spacial score (nSPS) is 18.9. The molecule has 0 spiro atoms. The summed E-state index contributed by atoms with van der Waals surface area (Å²) in [6, 6.07) is 9.26. The van der Waals surface area contributed by atoms with Crippen molar-refractivity contribution in [1.82, 2.24) is 29.8 Å². The molecule has 3 N–H and O–H groups in total. The standard InChI is InChI=1S/C29H38ClN7O4S/c1-28(2)18-20(19-32-28)6-5-15-31-22-7-4-8-25(33-22)42(39,40)36-27(38)21-9-10-23(34-26(21)30)37-16-11-24(35-37)41-17-14-29(3)12-13-29/h4,7-11,16,20,32H,5-6,12-15,17-19H2,1-3H3,(H,31,33)(H,36,38). The van der Waals surface area contributed by atoms with Crippen LogP contribution in [0.5, 0.6) is 5.88 Å². The van der Waals surface area contributed by atoms with Crippen molar-refractivity contribution in [3.63, 3.8) is 0 Å². The molecular weight excluding hydrogens is 578 g/mol. The van der Waals surface area contributed by atoms with E-state index in [1.54, 1.807) is 24.4 Å². The Balaban J connectivity index is 1.15. The van der Waals surface area contributed by atoms with E-state index in [2.05, 4.69) is 46.5 Å². The third-order valence-electron chi connectivity index (χ3n) is 7.93. The number of amides is 1.